The summed E-state index contributed by atoms with van der Waals surface area (Å²) in [7, 11) is 0. The zero-order valence-electron chi connectivity index (χ0n) is 6.53. The molecule has 0 bridgehead atoms. The summed E-state index contributed by atoms with van der Waals surface area (Å²) in [5.74, 6) is -1.26. The quantitative estimate of drug-likeness (QED) is 0.478. The maximum atomic E-state index is 11.0. The molecule has 0 atom stereocenters. The predicted octanol–water partition coefficient (Wildman–Crippen LogP) is 0.287. The van der Waals surface area contributed by atoms with Crippen molar-refractivity contribution in [2.45, 2.75) is 0 Å². The maximum Gasteiger partial charge on any atom is 0.424 e. The third-order valence-corrected chi connectivity index (χ3v) is 1.45. The standard InChI is InChI=1S/C7H6ClNO4/c8-3-4-13-7(12)9-5(10)1-2-6(9)11/h1-2H,3-4H2. The number of carbonyl (C=O) groups is 3. The molecule has 0 radical (unpaired) electrons. The molecule has 0 aromatic carbocycles. The van der Waals surface area contributed by atoms with Crippen LogP contribution in [0.5, 0.6) is 0 Å². The summed E-state index contributed by atoms with van der Waals surface area (Å²) in [6, 6.07) is 0. The van der Waals surface area contributed by atoms with Gasteiger partial charge in [-0.15, -0.1) is 11.6 Å². The van der Waals surface area contributed by atoms with Gasteiger partial charge in [-0.2, -0.15) is 4.90 Å². The first-order chi connectivity index (χ1) is 6.16. The van der Waals surface area contributed by atoms with Crippen molar-refractivity contribution >= 4 is 29.5 Å². The second-order valence-electron chi connectivity index (χ2n) is 2.15. The Balaban J connectivity index is 2.57. The van der Waals surface area contributed by atoms with E-state index in [0.29, 0.717) is 4.90 Å². The third-order valence-electron chi connectivity index (χ3n) is 1.29. The molecule has 0 N–H and O–H groups in total. The summed E-state index contributed by atoms with van der Waals surface area (Å²) in [6.07, 6.45) is 1.02. The van der Waals surface area contributed by atoms with Crippen LogP contribution in [0.2, 0.25) is 0 Å². The van der Waals surface area contributed by atoms with Gasteiger partial charge in [-0.05, 0) is 0 Å². The average molecular weight is 204 g/mol. The topological polar surface area (TPSA) is 63.7 Å². The highest BCUT2D eigenvalue weighted by Gasteiger charge is 2.31. The van der Waals surface area contributed by atoms with Gasteiger partial charge in [-0.1, -0.05) is 0 Å². The highest BCUT2D eigenvalue weighted by atomic mass is 35.5. The van der Waals surface area contributed by atoms with E-state index in [-0.39, 0.29) is 12.5 Å². The molecule has 3 amide bonds. The van der Waals surface area contributed by atoms with Gasteiger partial charge in [0.1, 0.15) is 6.61 Å². The Labute approximate surface area is 78.9 Å². The van der Waals surface area contributed by atoms with E-state index in [9.17, 15) is 14.4 Å². The lowest BCUT2D eigenvalue weighted by Crippen LogP contribution is -2.37. The highest BCUT2D eigenvalue weighted by Crippen LogP contribution is 2.05. The number of hydrogen-bond acceptors (Lipinski definition) is 4. The Morgan fingerprint density at radius 3 is 2.38 bits per heavy atom. The van der Waals surface area contributed by atoms with Crippen molar-refractivity contribution in [3.8, 4) is 0 Å². The second-order valence-corrected chi connectivity index (χ2v) is 2.53. The lowest BCUT2D eigenvalue weighted by molar-refractivity contribution is -0.134. The molecule has 1 heterocycles. The molecule has 70 valence electrons. The van der Waals surface area contributed by atoms with Crippen LogP contribution in [0.1, 0.15) is 0 Å². The van der Waals surface area contributed by atoms with Crippen LogP contribution in [0, 0.1) is 0 Å². The van der Waals surface area contributed by atoms with Gasteiger partial charge < -0.3 is 4.74 Å². The Kier molecular flexibility index (Phi) is 3.02. The SMILES string of the molecule is O=C1C=CC(=O)N1C(=O)OCCCl. The molecule has 5 nitrogen and oxygen atoms in total. The number of ether oxygens (including phenoxy) is 1. The van der Waals surface area contributed by atoms with E-state index in [1.165, 1.54) is 0 Å². The number of amides is 3. The van der Waals surface area contributed by atoms with Crippen LogP contribution in [0.4, 0.5) is 4.79 Å². The zero-order valence-corrected chi connectivity index (χ0v) is 7.28. The molecule has 1 aliphatic heterocycles. The minimum absolute atomic E-state index is 0.0303. The van der Waals surface area contributed by atoms with Gasteiger partial charge in [0.25, 0.3) is 11.8 Å². The van der Waals surface area contributed by atoms with Crippen molar-refractivity contribution in [3.63, 3.8) is 0 Å². The number of nitrogens with zero attached hydrogens (tertiary/aromatic N) is 1. The molecule has 1 aliphatic rings. The van der Waals surface area contributed by atoms with Crippen LogP contribution in [0.15, 0.2) is 12.2 Å². The normalized spacial score (nSPS) is 15.3. The summed E-state index contributed by atoms with van der Waals surface area (Å²) in [6.45, 7) is -0.0303. The van der Waals surface area contributed by atoms with Gasteiger partial charge in [0.15, 0.2) is 0 Å². The van der Waals surface area contributed by atoms with Crippen molar-refractivity contribution < 1.29 is 19.1 Å². The predicted molar refractivity (Wildman–Crippen MR) is 43.1 cm³/mol. The summed E-state index contributed by atoms with van der Waals surface area (Å²) in [5.41, 5.74) is 0. The van der Waals surface area contributed by atoms with E-state index in [2.05, 4.69) is 4.74 Å². The van der Waals surface area contributed by atoms with Crippen LogP contribution in [-0.4, -0.2) is 35.3 Å². The summed E-state index contributed by atoms with van der Waals surface area (Å²) < 4.78 is 4.49. The van der Waals surface area contributed by atoms with Crippen LogP contribution in [0.3, 0.4) is 0 Å². The fourth-order valence-electron chi connectivity index (χ4n) is 0.771. The Morgan fingerprint density at radius 1 is 1.38 bits per heavy atom. The first-order valence-corrected chi connectivity index (χ1v) is 3.99. The molecule has 0 unspecified atom stereocenters. The first-order valence-electron chi connectivity index (χ1n) is 3.45. The van der Waals surface area contributed by atoms with Gasteiger partial charge in [-0.3, -0.25) is 9.59 Å². The molecular formula is C7H6ClNO4. The largest absolute Gasteiger partial charge is 0.448 e. The van der Waals surface area contributed by atoms with E-state index >= 15 is 0 Å². The molecule has 0 spiro atoms. The number of hydrogen-bond donors (Lipinski definition) is 0. The van der Waals surface area contributed by atoms with Crippen LogP contribution >= 0.6 is 11.6 Å². The Bertz CT molecular complexity index is 268. The number of alkyl halides is 1. The minimum atomic E-state index is -0.986. The van der Waals surface area contributed by atoms with Crippen LogP contribution < -0.4 is 0 Å². The highest BCUT2D eigenvalue weighted by molar-refractivity contribution is 6.21. The van der Waals surface area contributed by atoms with E-state index in [0.717, 1.165) is 12.2 Å². The van der Waals surface area contributed by atoms with Gasteiger partial charge in [0.2, 0.25) is 0 Å². The lowest BCUT2D eigenvalue weighted by atomic mass is 10.6. The van der Waals surface area contributed by atoms with Crippen molar-refractivity contribution in [2.24, 2.45) is 0 Å². The van der Waals surface area contributed by atoms with Crippen LogP contribution in [0.25, 0.3) is 0 Å². The first kappa shape index (κ1) is 9.73. The Morgan fingerprint density at radius 2 is 1.92 bits per heavy atom. The van der Waals surface area contributed by atoms with E-state index in [1.807, 2.05) is 0 Å². The molecular weight excluding hydrogens is 198 g/mol. The van der Waals surface area contributed by atoms with Gasteiger partial charge in [0, 0.05) is 12.2 Å². The summed E-state index contributed by atoms with van der Waals surface area (Å²) >= 11 is 5.24. The summed E-state index contributed by atoms with van der Waals surface area (Å²) in [5, 5.41) is 0. The molecule has 0 aromatic heterocycles. The van der Waals surface area contributed by atoms with Gasteiger partial charge in [0.05, 0.1) is 5.88 Å². The number of rotatable bonds is 2. The van der Waals surface area contributed by atoms with Crippen LogP contribution in [-0.2, 0) is 14.3 Å². The molecule has 0 aliphatic carbocycles. The average Bonchev–Trinajstić information content (AvgIpc) is 2.42. The van der Waals surface area contributed by atoms with Gasteiger partial charge >= 0.3 is 6.09 Å². The Hall–Kier alpha value is -1.36. The maximum absolute atomic E-state index is 11.0. The zero-order chi connectivity index (χ0) is 9.84. The molecule has 0 saturated heterocycles. The minimum Gasteiger partial charge on any atom is -0.448 e. The van der Waals surface area contributed by atoms with Crippen molar-refractivity contribution in [1.29, 1.82) is 0 Å². The van der Waals surface area contributed by atoms with Crippen molar-refractivity contribution in [2.75, 3.05) is 12.5 Å². The molecule has 0 saturated carbocycles. The molecule has 0 fully saturated rings. The molecule has 6 heteroatoms. The number of imide groups is 3. The van der Waals surface area contributed by atoms with E-state index in [4.69, 9.17) is 11.6 Å². The summed E-state index contributed by atoms with van der Waals surface area (Å²) in [4.78, 5) is 33.1. The fourth-order valence-corrected chi connectivity index (χ4v) is 0.848. The second kappa shape index (κ2) is 4.04. The van der Waals surface area contributed by atoms with E-state index < -0.39 is 17.9 Å². The molecule has 1 rings (SSSR count). The third kappa shape index (κ3) is 2.06. The van der Waals surface area contributed by atoms with Crippen molar-refractivity contribution in [3.05, 3.63) is 12.2 Å². The smallest absolute Gasteiger partial charge is 0.424 e. The van der Waals surface area contributed by atoms with E-state index in [1.54, 1.807) is 0 Å². The van der Waals surface area contributed by atoms with Crippen molar-refractivity contribution in [1.82, 2.24) is 4.90 Å². The monoisotopic (exact) mass is 203 g/mol. The van der Waals surface area contributed by atoms with Gasteiger partial charge in [-0.25, -0.2) is 4.79 Å². The number of halogens is 1. The molecule has 13 heavy (non-hydrogen) atoms. The number of carbonyl (C=O) groups excluding carboxylic acids is 3. The lowest BCUT2D eigenvalue weighted by Gasteiger charge is -2.10. The fraction of sp³-hybridized carbons (Fsp3) is 0.286. The molecule has 0 aromatic rings.